The highest BCUT2D eigenvalue weighted by Crippen LogP contribution is 2.12. The van der Waals surface area contributed by atoms with Gasteiger partial charge in [0.05, 0.1) is 0 Å². The maximum absolute atomic E-state index is 10.5. The second-order valence-corrected chi connectivity index (χ2v) is 3.20. The molecule has 0 bridgehead atoms. The quantitative estimate of drug-likeness (QED) is 0.342. The minimum atomic E-state index is -0.815. The first-order valence-corrected chi connectivity index (χ1v) is 4.13. The van der Waals surface area contributed by atoms with Crippen LogP contribution < -0.4 is 16.4 Å². The molecule has 6 nitrogen and oxygen atoms in total. The van der Waals surface area contributed by atoms with Crippen LogP contribution in [0.2, 0.25) is 0 Å². The van der Waals surface area contributed by atoms with E-state index in [-0.39, 0.29) is 36.7 Å². The summed E-state index contributed by atoms with van der Waals surface area (Å²) in [6, 6.07) is -0.446. The lowest BCUT2D eigenvalue weighted by Gasteiger charge is -2.08. The van der Waals surface area contributed by atoms with Gasteiger partial charge in [0.1, 0.15) is 6.04 Å². The Bertz CT molecular complexity index is 227. The molecule has 1 rings (SSSR count). The third-order valence-corrected chi connectivity index (χ3v) is 2.10. The standard InChI is InChI=1S/C7H14N4O2.2ClH/c8-7(9)11-3-4-1-5(6(12)13)10-2-4;;/h4-5,10H,1-3H2,(H,12,13)(H4,8,9,11);2*1H/t4-,5-;;/m0../s1. The van der Waals surface area contributed by atoms with Gasteiger partial charge in [-0.05, 0) is 12.3 Å². The van der Waals surface area contributed by atoms with Crippen molar-refractivity contribution in [2.24, 2.45) is 11.7 Å². The van der Waals surface area contributed by atoms with E-state index in [1.165, 1.54) is 0 Å². The second kappa shape index (κ2) is 7.56. The lowest BCUT2D eigenvalue weighted by atomic mass is 10.1. The molecule has 8 heteroatoms. The lowest BCUT2D eigenvalue weighted by Crippen LogP contribution is -2.34. The molecule has 1 fully saturated rings. The summed E-state index contributed by atoms with van der Waals surface area (Å²) in [7, 11) is 0. The Morgan fingerprint density at radius 2 is 2.20 bits per heavy atom. The first-order valence-electron chi connectivity index (χ1n) is 4.13. The van der Waals surface area contributed by atoms with Gasteiger partial charge in [0.15, 0.2) is 5.96 Å². The Kier molecular flexibility index (Phi) is 8.41. The molecular weight excluding hydrogens is 243 g/mol. The molecule has 1 saturated heterocycles. The van der Waals surface area contributed by atoms with Crippen LogP contribution in [0.5, 0.6) is 0 Å². The smallest absolute Gasteiger partial charge is 0.320 e. The van der Waals surface area contributed by atoms with Gasteiger partial charge >= 0.3 is 5.97 Å². The average molecular weight is 259 g/mol. The summed E-state index contributed by atoms with van der Waals surface area (Å²) in [6.07, 6.45) is 0.593. The van der Waals surface area contributed by atoms with Gasteiger partial charge in [0.25, 0.3) is 0 Å². The van der Waals surface area contributed by atoms with Gasteiger partial charge in [0, 0.05) is 13.1 Å². The number of guanidine groups is 1. The molecule has 0 aromatic carbocycles. The summed E-state index contributed by atoms with van der Waals surface area (Å²) in [6.45, 7) is 1.23. The molecule has 0 aromatic heterocycles. The SMILES string of the molecule is Cl.Cl.N=C(N)NC[C@@H]1CN[C@H](C(=O)O)C1. The third-order valence-electron chi connectivity index (χ3n) is 2.10. The van der Waals surface area contributed by atoms with Crippen LogP contribution in [-0.2, 0) is 4.79 Å². The summed E-state index contributed by atoms with van der Waals surface area (Å²) < 4.78 is 0. The van der Waals surface area contributed by atoms with Crippen molar-refractivity contribution in [3.05, 3.63) is 0 Å². The van der Waals surface area contributed by atoms with E-state index in [9.17, 15) is 4.79 Å². The molecular formula is C7H16Cl2N4O2. The number of hydrogen-bond acceptors (Lipinski definition) is 3. The van der Waals surface area contributed by atoms with Crippen molar-refractivity contribution in [1.29, 1.82) is 5.41 Å². The summed E-state index contributed by atoms with van der Waals surface area (Å²) in [5, 5.41) is 21.1. The summed E-state index contributed by atoms with van der Waals surface area (Å²) in [5.41, 5.74) is 5.10. The Balaban J connectivity index is 0. The molecule has 0 aromatic rings. The predicted molar refractivity (Wildman–Crippen MR) is 61.9 cm³/mol. The number of nitrogens with two attached hydrogens (primary N) is 1. The molecule has 90 valence electrons. The molecule has 15 heavy (non-hydrogen) atoms. The molecule has 0 radical (unpaired) electrons. The summed E-state index contributed by atoms with van der Waals surface area (Å²) >= 11 is 0. The van der Waals surface area contributed by atoms with E-state index >= 15 is 0 Å². The third kappa shape index (κ3) is 5.66. The normalized spacial score (nSPS) is 23.5. The number of hydrogen-bond donors (Lipinski definition) is 5. The molecule has 0 amide bonds. The predicted octanol–water partition coefficient (Wildman–Crippen LogP) is -0.624. The van der Waals surface area contributed by atoms with Gasteiger partial charge in [-0.1, -0.05) is 0 Å². The minimum absolute atomic E-state index is 0. The molecule has 1 heterocycles. The molecule has 1 aliphatic rings. The molecule has 0 spiro atoms. The highest BCUT2D eigenvalue weighted by atomic mass is 35.5. The first kappa shape index (κ1) is 16.7. The molecule has 0 unspecified atom stereocenters. The van der Waals surface area contributed by atoms with E-state index in [4.69, 9.17) is 16.2 Å². The zero-order valence-electron chi connectivity index (χ0n) is 8.03. The van der Waals surface area contributed by atoms with Crippen LogP contribution in [0.1, 0.15) is 6.42 Å². The minimum Gasteiger partial charge on any atom is -0.480 e. The molecule has 0 saturated carbocycles. The zero-order valence-corrected chi connectivity index (χ0v) is 9.66. The van der Waals surface area contributed by atoms with Crippen molar-refractivity contribution in [3.63, 3.8) is 0 Å². The maximum Gasteiger partial charge on any atom is 0.320 e. The highest BCUT2D eigenvalue weighted by Gasteiger charge is 2.28. The Hall–Kier alpha value is -0.720. The fourth-order valence-corrected chi connectivity index (χ4v) is 1.41. The Labute approximate surface area is 100 Å². The van der Waals surface area contributed by atoms with Gasteiger partial charge in [-0.15, -0.1) is 24.8 Å². The maximum atomic E-state index is 10.5. The van der Waals surface area contributed by atoms with Crippen LogP contribution in [0.4, 0.5) is 0 Å². The van der Waals surface area contributed by atoms with Gasteiger partial charge in [0.2, 0.25) is 0 Å². The van der Waals surface area contributed by atoms with Crippen LogP contribution in [0, 0.1) is 11.3 Å². The van der Waals surface area contributed by atoms with E-state index in [0.717, 1.165) is 0 Å². The fourth-order valence-electron chi connectivity index (χ4n) is 1.41. The highest BCUT2D eigenvalue weighted by molar-refractivity contribution is 5.85. The van der Waals surface area contributed by atoms with E-state index in [0.29, 0.717) is 19.5 Å². The van der Waals surface area contributed by atoms with E-state index < -0.39 is 12.0 Å². The number of carboxylic acid groups (broad SMARTS) is 1. The van der Waals surface area contributed by atoms with Crippen molar-refractivity contribution >= 4 is 36.7 Å². The number of halogens is 2. The van der Waals surface area contributed by atoms with Crippen molar-refractivity contribution in [3.8, 4) is 0 Å². The van der Waals surface area contributed by atoms with Crippen molar-refractivity contribution in [2.45, 2.75) is 12.5 Å². The molecule has 6 N–H and O–H groups in total. The van der Waals surface area contributed by atoms with Gasteiger partial charge in [-0.25, -0.2) is 0 Å². The first-order chi connectivity index (χ1) is 6.09. The van der Waals surface area contributed by atoms with E-state index in [1.807, 2.05) is 0 Å². The molecule has 1 aliphatic heterocycles. The average Bonchev–Trinajstić information content (AvgIpc) is 2.48. The van der Waals surface area contributed by atoms with Gasteiger partial charge in [-0.2, -0.15) is 0 Å². The lowest BCUT2D eigenvalue weighted by molar-refractivity contribution is -0.139. The number of rotatable bonds is 3. The van der Waals surface area contributed by atoms with Crippen molar-refractivity contribution < 1.29 is 9.90 Å². The van der Waals surface area contributed by atoms with Crippen LogP contribution >= 0.6 is 24.8 Å². The number of carboxylic acids is 1. The zero-order chi connectivity index (χ0) is 9.84. The van der Waals surface area contributed by atoms with Gasteiger partial charge in [-0.3, -0.25) is 10.2 Å². The van der Waals surface area contributed by atoms with Crippen LogP contribution in [-0.4, -0.2) is 36.2 Å². The van der Waals surface area contributed by atoms with E-state index in [2.05, 4.69) is 10.6 Å². The van der Waals surface area contributed by atoms with Gasteiger partial charge < -0.3 is 21.5 Å². The van der Waals surface area contributed by atoms with Crippen molar-refractivity contribution in [2.75, 3.05) is 13.1 Å². The number of aliphatic carboxylic acids is 1. The van der Waals surface area contributed by atoms with Crippen LogP contribution in [0.3, 0.4) is 0 Å². The number of carbonyl (C=O) groups is 1. The molecule has 2 atom stereocenters. The number of nitrogens with one attached hydrogen (secondary N) is 3. The van der Waals surface area contributed by atoms with Crippen LogP contribution in [0.15, 0.2) is 0 Å². The topological polar surface area (TPSA) is 111 Å². The largest absolute Gasteiger partial charge is 0.480 e. The fraction of sp³-hybridized carbons (Fsp3) is 0.714. The summed E-state index contributed by atoms with van der Waals surface area (Å²) in [5.74, 6) is -0.644. The Morgan fingerprint density at radius 3 is 2.60 bits per heavy atom. The second-order valence-electron chi connectivity index (χ2n) is 3.20. The summed E-state index contributed by atoms with van der Waals surface area (Å²) in [4.78, 5) is 10.5. The van der Waals surface area contributed by atoms with Crippen LogP contribution in [0.25, 0.3) is 0 Å². The molecule has 0 aliphatic carbocycles. The van der Waals surface area contributed by atoms with Crippen molar-refractivity contribution in [1.82, 2.24) is 10.6 Å². The Morgan fingerprint density at radius 1 is 1.60 bits per heavy atom. The monoisotopic (exact) mass is 258 g/mol. The van der Waals surface area contributed by atoms with E-state index in [1.54, 1.807) is 0 Å².